The molecule has 1 aliphatic heterocycles. The minimum Gasteiger partial charge on any atom is -0.444 e. The summed E-state index contributed by atoms with van der Waals surface area (Å²) in [5, 5.41) is 15.0. The molecule has 0 unspecified atom stereocenters. The smallest absolute Gasteiger partial charge is 0.410 e. The van der Waals surface area contributed by atoms with Gasteiger partial charge in [0.25, 0.3) is 0 Å². The van der Waals surface area contributed by atoms with Crippen LogP contribution in [0.5, 0.6) is 0 Å². The summed E-state index contributed by atoms with van der Waals surface area (Å²) in [6.45, 7) is 14.0. The summed E-state index contributed by atoms with van der Waals surface area (Å²) in [7, 11) is 1.60. The molecule has 0 bridgehead atoms. The lowest BCUT2D eigenvalue weighted by atomic mass is 9.97. The van der Waals surface area contributed by atoms with Crippen molar-refractivity contribution in [2.45, 2.75) is 64.3 Å². The van der Waals surface area contributed by atoms with Crippen molar-refractivity contribution in [1.29, 1.82) is 5.41 Å². The molecule has 1 saturated heterocycles. The lowest BCUT2D eigenvalue weighted by Gasteiger charge is -2.28. The number of aliphatic imine (C=N–C) groups is 1. The summed E-state index contributed by atoms with van der Waals surface area (Å²) < 4.78 is 11.0. The number of hydrogen-bond donors (Lipinski definition) is 3. The maximum absolute atomic E-state index is 12.2. The van der Waals surface area contributed by atoms with Crippen LogP contribution in [0.3, 0.4) is 0 Å². The van der Waals surface area contributed by atoms with Crippen molar-refractivity contribution in [3.05, 3.63) is 25.4 Å². The van der Waals surface area contributed by atoms with Crippen LogP contribution in [0.2, 0.25) is 0 Å². The fraction of sp³-hybridized carbons (Fsp3) is 0.667. The van der Waals surface area contributed by atoms with E-state index in [1.807, 2.05) is 26.8 Å². The number of methoxy groups -OCH3 is 1. The molecule has 1 amide bonds. The minimum atomic E-state index is -0.526. The molecule has 170 valence electrons. The van der Waals surface area contributed by atoms with Gasteiger partial charge < -0.3 is 25.0 Å². The number of carbonyl (C=O) groups is 1. The van der Waals surface area contributed by atoms with Gasteiger partial charge in [-0.3, -0.25) is 5.41 Å². The van der Waals surface area contributed by atoms with E-state index in [1.54, 1.807) is 12.0 Å². The average Bonchev–Trinajstić information content (AvgIpc) is 3.11. The molecule has 30 heavy (non-hydrogen) atoms. The van der Waals surface area contributed by atoms with E-state index in [1.165, 1.54) is 6.20 Å². The van der Waals surface area contributed by atoms with Gasteiger partial charge in [-0.05, 0) is 40.0 Å². The van der Waals surface area contributed by atoms with Gasteiger partial charge in [-0.25, -0.2) is 9.79 Å². The van der Waals surface area contributed by atoms with E-state index >= 15 is 0 Å². The van der Waals surface area contributed by atoms with Gasteiger partial charge in [0.05, 0.1) is 0 Å². The van der Waals surface area contributed by atoms with Gasteiger partial charge in [0.1, 0.15) is 17.0 Å². The molecule has 0 aromatic carbocycles. The number of nitrogens with zero attached hydrogens (tertiary/aromatic N) is 2. The van der Waals surface area contributed by atoms with Gasteiger partial charge in [0.2, 0.25) is 0 Å². The summed E-state index contributed by atoms with van der Waals surface area (Å²) in [6, 6.07) is -0.0259. The molecule has 0 spiro atoms. The number of hydrogen-bond acceptors (Lipinski definition) is 5. The lowest BCUT2D eigenvalue weighted by Crippen LogP contribution is -2.50. The van der Waals surface area contributed by atoms with E-state index in [-0.39, 0.29) is 30.2 Å². The predicted molar refractivity (Wildman–Crippen MR) is 122 cm³/mol. The number of carbonyl (C=O) groups excluding carboxylic acids is 1. The summed E-state index contributed by atoms with van der Waals surface area (Å²) >= 11 is 6.07. The maximum Gasteiger partial charge on any atom is 0.410 e. The zero-order chi connectivity index (χ0) is 22.7. The van der Waals surface area contributed by atoms with E-state index in [0.717, 1.165) is 12.8 Å². The van der Waals surface area contributed by atoms with Crippen molar-refractivity contribution in [2.24, 2.45) is 10.9 Å². The van der Waals surface area contributed by atoms with Gasteiger partial charge in [-0.1, -0.05) is 24.3 Å². The van der Waals surface area contributed by atoms with Gasteiger partial charge in [-0.2, -0.15) is 0 Å². The molecule has 0 radical (unpaired) electrons. The van der Waals surface area contributed by atoms with Crippen LogP contribution in [0.15, 0.2) is 30.4 Å². The molecule has 3 N–H and O–H groups in total. The van der Waals surface area contributed by atoms with Crippen molar-refractivity contribution in [1.82, 2.24) is 15.5 Å². The number of rotatable bonds is 10. The standard InChI is InChI=1S/C21H36ClN5O3/c1-7-9-15(10-11-17(22)24-8-2)18(29-6)26-19(23)25-16-12-13-27(14-16)20(28)30-21(3,4)5/h7-8,15-16,18H,1-2,9-14H2,3-6H3,(H3,23,25,26)/b24-17+/t15-,16+,18+/m0/s1. The van der Waals surface area contributed by atoms with Crippen molar-refractivity contribution in [2.75, 3.05) is 20.2 Å². The highest BCUT2D eigenvalue weighted by molar-refractivity contribution is 6.65. The Hall–Kier alpha value is -2.06. The number of guanidine groups is 1. The molecule has 9 heteroatoms. The van der Waals surface area contributed by atoms with Crippen LogP contribution in [0.1, 0.15) is 46.5 Å². The third-order valence-electron chi connectivity index (χ3n) is 4.58. The lowest BCUT2D eigenvalue weighted by molar-refractivity contribution is 0.0290. The summed E-state index contributed by atoms with van der Waals surface area (Å²) in [4.78, 5) is 17.8. The highest BCUT2D eigenvalue weighted by Crippen LogP contribution is 2.19. The van der Waals surface area contributed by atoms with Crippen LogP contribution >= 0.6 is 11.6 Å². The van der Waals surface area contributed by atoms with Gasteiger partial charge >= 0.3 is 6.09 Å². The molecular formula is C21H36ClN5O3. The minimum absolute atomic E-state index is 0.0259. The Balaban J connectivity index is 2.57. The van der Waals surface area contributed by atoms with Gasteiger partial charge in [0.15, 0.2) is 5.96 Å². The summed E-state index contributed by atoms with van der Waals surface area (Å²) in [6.07, 6.45) is 5.27. The molecule has 1 aliphatic rings. The normalized spacial score (nSPS) is 19.0. The number of likely N-dealkylation sites (tertiary alicyclic amines) is 1. The zero-order valence-electron chi connectivity index (χ0n) is 18.5. The maximum atomic E-state index is 12.2. The monoisotopic (exact) mass is 441 g/mol. The van der Waals surface area contributed by atoms with Gasteiger partial charge in [0, 0.05) is 44.8 Å². The predicted octanol–water partition coefficient (Wildman–Crippen LogP) is 3.84. The number of allylic oxidation sites excluding steroid dienone is 1. The van der Waals surface area contributed by atoms with Crippen LogP contribution in [0, 0.1) is 11.3 Å². The molecule has 0 aliphatic carbocycles. The molecule has 8 nitrogen and oxygen atoms in total. The Morgan fingerprint density at radius 2 is 2.13 bits per heavy atom. The number of halogens is 1. The third kappa shape index (κ3) is 9.63. The largest absolute Gasteiger partial charge is 0.444 e. The van der Waals surface area contributed by atoms with E-state index < -0.39 is 5.60 Å². The highest BCUT2D eigenvalue weighted by atomic mass is 35.5. The number of nitrogens with one attached hydrogen (secondary N) is 3. The van der Waals surface area contributed by atoms with Crippen molar-refractivity contribution < 1.29 is 14.3 Å². The summed E-state index contributed by atoms with van der Waals surface area (Å²) in [5.41, 5.74) is -0.526. The molecule has 1 fully saturated rings. The highest BCUT2D eigenvalue weighted by Gasteiger charge is 2.30. The molecule has 3 atom stereocenters. The van der Waals surface area contributed by atoms with Crippen LogP contribution in [0.4, 0.5) is 4.79 Å². The Morgan fingerprint density at radius 1 is 1.43 bits per heavy atom. The van der Waals surface area contributed by atoms with E-state index in [9.17, 15) is 4.79 Å². The third-order valence-corrected chi connectivity index (χ3v) is 4.87. The molecule has 1 rings (SSSR count). The first-order chi connectivity index (χ1) is 14.1. The van der Waals surface area contributed by atoms with Crippen molar-refractivity contribution >= 4 is 28.8 Å². The molecule has 0 saturated carbocycles. The van der Waals surface area contributed by atoms with E-state index in [4.69, 9.17) is 26.5 Å². The fourth-order valence-corrected chi connectivity index (χ4v) is 3.38. The topological polar surface area (TPSA) is 99.0 Å². The van der Waals surface area contributed by atoms with Crippen LogP contribution in [-0.4, -0.2) is 60.2 Å². The molecular weight excluding hydrogens is 406 g/mol. The second-order valence-electron chi connectivity index (χ2n) is 8.24. The first-order valence-corrected chi connectivity index (χ1v) is 10.5. The van der Waals surface area contributed by atoms with E-state index in [2.05, 4.69) is 28.8 Å². The molecule has 0 aromatic rings. The Morgan fingerprint density at radius 3 is 2.70 bits per heavy atom. The first-order valence-electron chi connectivity index (χ1n) is 10.2. The Bertz CT molecular complexity index is 633. The van der Waals surface area contributed by atoms with Crippen LogP contribution in [-0.2, 0) is 9.47 Å². The molecule has 0 aromatic heterocycles. The summed E-state index contributed by atoms with van der Waals surface area (Å²) in [5.74, 6) is 0.211. The van der Waals surface area contributed by atoms with Crippen molar-refractivity contribution in [3.63, 3.8) is 0 Å². The first kappa shape index (κ1) is 26.0. The average molecular weight is 442 g/mol. The SMILES string of the molecule is C=CC[C@@H](CC/C(Cl)=N\C=C)[C@H](NC(=N)N[C@@H]1CCN(C(=O)OC(C)(C)C)C1)OC. The quantitative estimate of drug-likeness (QED) is 0.207. The zero-order valence-corrected chi connectivity index (χ0v) is 19.3. The van der Waals surface area contributed by atoms with Crippen LogP contribution < -0.4 is 10.6 Å². The number of amides is 1. The Kier molecular flexibility index (Phi) is 10.9. The second-order valence-corrected chi connectivity index (χ2v) is 8.68. The van der Waals surface area contributed by atoms with Gasteiger partial charge in [-0.15, -0.1) is 6.58 Å². The van der Waals surface area contributed by atoms with Crippen molar-refractivity contribution in [3.8, 4) is 0 Å². The number of ether oxygens (including phenoxy) is 2. The molecule has 1 heterocycles. The Labute approximate surface area is 185 Å². The van der Waals surface area contributed by atoms with Crippen LogP contribution in [0.25, 0.3) is 0 Å². The fourth-order valence-electron chi connectivity index (χ4n) is 3.20. The van der Waals surface area contributed by atoms with E-state index in [0.29, 0.717) is 31.1 Å². The second kappa shape index (κ2) is 12.6.